The highest BCUT2D eigenvalue weighted by molar-refractivity contribution is 8.01. The maximum Gasteiger partial charge on any atom is 0.286 e. The second-order valence-electron chi connectivity index (χ2n) is 5.51. The smallest absolute Gasteiger partial charge is 0.286 e. The Morgan fingerprint density at radius 2 is 1.96 bits per heavy atom. The number of anilines is 1. The van der Waals surface area contributed by atoms with Gasteiger partial charge in [0, 0.05) is 12.2 Å². The normalized spacial score (nSPS) is 10.6. The van der Waals surface area contributed by atoms with E-state index in [0.717, 1.165) is 6.42 Å². The molecule has 0 saturated carbocycles. The first-order valence-electron chi connectivity index (χ1n) is 7.64. The van der Waals surface area contributed by atoms with Crippen LogP contribution < -0.4 is 10.6 Å². The number of nitrogens with zero attached hydrogens (tertiary/aromatic N) is 2. The van der Waals surface area contributed by atoms with E-state index in [-0.39, 0.29) is 22.6 Å². The number of hydrogen-bond donors (Lipinski definition) is 2. The lowest BCUT2D eigenvalue weighted by atomic mass is 10.1. The maximum absolute atomic E-state index is 12.1. The Morgan fingerprint density at radius 1 is 1.21 bits per heavy atom. The fourth-order valence-electron chi connectivity index (χ4n) is 1.74. The Balaban J connectivity index is 1.78. The van der Waals surface area contributed by atoms with Gasteiger partial charge < -0.3 is 10.6 Å². The maximum atomic E-state index is 12.1. The zero-order chi connectivity index (χ0) is 17.4. The lowest BCUT2D eigenvalue weighted by Crippen LogP contribution is -2.26. The van der Waals surface area contributed by atoms with Crippen molar-refractivity contribution in [2.45, 2.75) is 24.6 Å². The van der Waals surface area contributed by atoms with Gasteiger partial charge in [0.15, 0.2) is 4.34 Å². The largest absolute Gasteiger partial charge is 0.355 e. The van der Waals surface area contributed by atoms with Crippen LogP contribution in [0.25, 0.3) is 0 Å². The molecule has 1 aromatic carbocycles. The molecular formula is C16H20N4O2S2. The Kier molecular flexibility index (Phi) is 7.20. The first-order chi connectivity index (χ1) is 11.5. The SMILES string of the molecule is CC(C)CCNC(=O)CSc1nnc(C(=O)Nc2ccccc2)s1. The van der Waals surface area contributed by atoms with Crippen LogP contribution in [0.1, 0.15) is 30.1 Å². The van der Waals surface area contributed by atoms with Crippen LogP contribution in [0.3, 0.4) is 0 Å². The molecule has 6 nitrogen and oxygen atoms in total. The van der Waals surface area contributed by atoms with Crippen LogP contribution >= 0.6 is 23.1 Å². The summed E-state index contributed by atoms with van der Waals surface area (Å²) in [7, 11) is 0. The fraction of sp³-hybridized carbons (Fsp3) is 0.375. The highest BCUT2D eigenvalue weighted by Crippen LogP contribution is 2.22. The van der Waals surface area contributed by atoms with E-state index in [1.807, 2.05) is 18.2 Å². The quantitative estimate of drug-likeness (QED) is 0.703. The summed E-state index contributed by atoms with van der Waals surface area (Å²) in [6, 6.07) is 9.16. The van der Waals surface area contributed by atoms with Crippen LogP contribution in [-0.2, 0) is 4.79 Å². The van der Waals surface area contributed by atoms with Crippen molar-refractivity contribution in [2.24, 2.45) is 5.92 Å². The predicted octanol–water partition coefficient (Wildman–Crippen LogP) is 3.04. The molecule has 0 aliphatic heterocycles. The number of hydrogen-bond acceptors (Lipinski definition) is 6. The molecule has 1 aromatic heterocycles. The van der Waals surface area contributed by atoms with E-state index in [1.54, 1.807) is 12.1 Å². The van der Waals surface area contributed by atoms with E-state index in [1.165, 1.54) is 23.1 Å². The summed E-state index contributed by atoms with van der Waals surface area (Å²) in [4.78, 5) is 23.8. The standard InChI is InChI=1S/C16H20N4O2S2/c1-11(2)8-9-17-13(21)10-23-16-20-19-15(24-16)14(22)18-12-6-4-3-5-7-12/h3-7,11H,8-10H2,1-2H3,(H,17,21)(H,18,22). The van der Waals surface area contributed by atoms with Gasteiger partial charge in [-0.2, -0.15) is 0 Å². The van der Waals surface area contributed by atoms with Gasteiger partial charge >= 0.3 is 0 Å². The lowest BCUT2D eigenvalue weighted by molar-refractivity contribution is -0.118. The molecule has 0 unspecified atom stereocenters. The molecule has 0 aliphatic carbocycles. The van der Waals surface area contributed by atoms with Gasteiger partial charge in [0.25, 0.3) is 5.91 Å². The summed E-state index contributed by atoms with van der Waals surface area (Å²) in [5.41, 5.74) is 0.705. The van der Waals surface area contributed by atoms with Crippen molar-refractivity contribution in [2.75, 3.05) is 17.6 Å². The third-order valence-electron chi connectivity index (χ3n) is 3.00. The summed E-state index contributed by atoms with van der Waals surface area (Å²) in [5, 5.41) is 13.7. The molecule has 2 aromatic rings. The third kappa shape index (κ3) is 6.29. The molecular weight excluding hydrogens is 344 g/mol. The van der Waals surface area contributed by atoms with Crippen LogP contribution in [0, 0.1) is 5.92 Å². The van der Waals surface area contributed by atoms with Crippen molar-refractivity contribution in [1.29, 1.82) is 0 Å². The molecule has 128 valence electrons. The van der Waals surface area contributed by atoms with Gasteiger partial charge in [0.1, 0.15) is 0 Å². The highest BCUT2D eigenvalue weighted by atomic mass is 32.2. The number of rotatable bonds is 8. The van der Waals surface area contributed by atoms with E-state index in [4.69, 9.17) is 0 Å². The summed E-state index contributed by atoms with van der Waals surface area (Å²) < 4.78 is 0.604. The average molecular weight is 364 g/mol. The van der Waals surface area contributed by atoms with Crippen molar-refractivity contribution in [3.8, 4) is 0 Å². The van der Waals surface area contributed by atoms with Crippen LogP contribution in [0.5, 0.6) is 0 Å². The zero-order valence-electron chi connectivity index (χ0n) is 13.6. The predicted molar refractivity (Wildman–Crippen MR) is 97.5 cm³/mol. The first kappa shape index (κ1) is 18.4. The van der Waals surface area contributed by atoms with Crippen LogP contribution in [0.4, 0.5) is 5.69 Å². The van der Waals surface area contributed by atoms with Gasteiger partial charge in [-0.25, -0.2) is 0 Å². The zero-order valence-corrected chi connectivity index (χ0v) is 15.2. The van der Waals surface area contributed by atoms with Crippen LogP contribution in [-0.4, -0.2) is 34.3 Å². The van der Waals surface area contributed by atoms with Gasteiger partial charge in [0.2, 0.25) is 10.9 Å². The van der Waals surface area contributed by atoms with Crippen LogP contribution in [0.15, 0.2) is 34.7 Å². The van der Waals surface area contributed by atoms with Crippen molar-refractivity contribution >= 4 is 40.6 Å². The molecule has 1 heterocycles. The fourth-order valence-corrected chi connectivity index (χ4v) is 3.32. The summed E-state index contributed by atoms with van der Waals surface area (Å²) in [6.07, 6.45) is 0.957. The molecule has 0 bridgehead atoms. The molecule has 0 aliphatic rings. The number of thioether (sulfide) groups is 1. The van der Waals surface area contributed by atoms with Crippen molar-refractivity contribution in [3.05, 3.63) is 35.3 Å². The number of benzene rings is 1. The van der Waals surface area contributed by atoms with Gasteiger partial charge in [-0.15, -0.1) is 10.2 Å². The topological polar surface area (TPSA) is 84.0 Å². The first-order valence-corrected chi connectivity index (χ1v) is 9.44. The third-order valence-corrected chi connectivity index (χ3v) is 5.06. The molecule has 0 fully saturated rings. The average Bonchev–Trinajstić information content (AvgIpc) is 3.03. The molecule has 0 atom stereocenters. The summed E-state index contributed by atoms with van der Waals surface area (Å²) in [5.74, 6) is 0.498. The number of amides is 2. The molecule has 0 radical (unpaired) electrons. The molecule has 24 heavy (non-hydrogen) atoms. The summed E-state index contributed by atoms with van der Waals surface area (Å²) >= 11 is 2.46. The van der Waals surface area contributed by atoms with Crippen molar-refractivity contribution in [3.63, 3.8) is 0 Å². The minimum Gasteiger partial charge on any atom is -0.355 e. The van der Waals surface area contributed by atoms with Crippen molar-refractivity contribution in [1.82, 2.24) is 15.5 Å². The number of para-hydroxylation sites is 1. The molecule has 0 spiro atoms. The number of aromatic nitrogens is 2. The molecule has 0 saturated heterocycles. The Hall–Kier alpha value is -1.93. The molecule has 2 rings (SSSR count). The molecule has 2 N–H and O–H groups in total. The monoisotopic (exact) mass is 364 g/mol. The van der Waals surface area contributed by atoms with Gasteiger partial charge in [-0.05, 0) is 24.5 Å². The van der Waals surface area contributed by atoms with Gasteiger partial charge in [-0.1, -0.05) is 55.1 Å². The van der Waals surface area contributed by atoms with E-state index in [9.17, 15) is 9.59 Å². The second-order valence-corrected chi connectivity index (χ2v) is 7.71. The lowest BCUT2D eigenvalue weighted by Gasteiger charge is -2.05. The van der Waals surface area contributed by atoms with E-state index < -0.39 is 0 Å². The minimum atomic E-state index is -0.299. The summed E-state index contributed by atoms with van der Waals surface area (Å²) in [6.45, 7) is 4.91. The Labute approximate surface area is 149 Å². The molecule has 2 amide bonds. The minimum absolute atomic E-state index is 0.0360. The van der Waals surface area contributed by atoms with Gasteiger partial charge in [-0.3, -0.25) is 9.59 Å². The molecule has 8 heteroatoms. The second kappa shape index (κ2) is 9.39. The van der Waals surface area contributed by atoms with Crippen molar-refractivity contribution < 1.29 is 9.59 Å². The number of carbonyl (C=O) groups is 2. The number of carbonyl (C=O) groups excluding carboxylic acids is 2. The Morgan fingerprint density at radius 3 is 2.67 bits per heavy atom. The van der Waals surface area contributed by atoms with E-state index in [2.05, 4.69) is 34.7 Å². The van der Waals surface area contributed by atoms with E-state index in [0.29, 0.717) is 22.5 Å². The Bertz CT molecular complexity index is 674. The van der Waals surface area contributed by atoms with Gasteiger partial charge in [0.05, 0.1) is 5.75 Å². The number of nitrogens with one attached hydrogen (secondary N) is 2. The van der Waals surface area contributed by atoms with E-state index >= 15 is 0 Å². The van der Waals surface area contributed by atoms with Crippen LogP contribution in [0.2, 0.25) is 0 Å². The highest BCUT2D eigenvalue weighted by Gasteiger charge is 2.14.